The van der Waals surface area contributed by atoms with Crippen LogP contribution in [0.5, 0.6) is 0 Å². The molecule has 1 aliphatic rings. The molecule has 0 atom stereocenters. The fraction of sp³-hybridized carbons (Fsp3) is 0.632. The van der Waals surface area contributed by atoms with E-state index in [9.17, 15) is 13.2 Å². The molecule has 0 bridgehead atoms. The van der Waals surface area contributed by atoms with Gasteiger partial charge < -0.3 is 10.2 Å². The summed E-state index contributed by atoms with van der Waals surface area (Å²) in [5.41, 5.74) is 2.24. The second-order valence-corrected chi connectivity index (χ2v) is 9.35. The molecule has 1 amide bonds. The van der Waals surface area contributed by atoms with Crippen LogP contribution in [-0.4, -0.2) is 43.8 Å². The summed E-state index contributed by atoms with van der Waals surface area (Å²) in [6, 6.07) is 8.13. The van der Waals surface area contributed by atoms with Crippen molar-refractivity contribution in [3.8, 4) is 0 Å². The third kappa shape index (κ3) is 6.44. The number of rotatable bonds is 9. The highest BCUT2D eigenvalue weighted by Crippen LogP contribution is 2.25. The van der Waals surface area contributed by atoms with E-state index in [1.54, 1.807) is 0 Å². The van der Waals surface area contributed by atoms with Crippen LogP contribution in [0.25, 0.3) is 0 Å². The summed E-state index contributed by atoms with van der Waals surface area (Å²) < 4.78 is 24.4. The Morgan fingerprint density at radius 1 is 1.24 bits per heavy atom. The first-order valence-corrected chi connectivity index (χ1v) is 10.9. The normalized spacial score (nSPS) is 15.6. The van der Waals surface area contributed by atoms with Crippen molar-refractivity contribution in [2.24, 2.45) is 0 Å². The lowest BCUT2D eigenvalue weighted by molar-refractivity contribution is -0.120. The van der Waals surface area contributed by atoms with Gasteiger partial charge in [0, 0.05) is 19.5 Å². The summed E-state index contributed by atoms with van der Waals surface area (Å²) >= 11 is 0. The van der Waals surface area contributed by atoms with Crippen LogP contribution in [0.1, 0.15) is 50.2 Å². The lowest BCUT2D eigenvalue weighted by atomic mass is 10.1. The fourth-order valence-electron chi connectivity index (χ4n) is 3.20. The van der Waals surface area contributed by atoms with E-state index in [2.05, 4.69) is 36.3 Å². The zero-order valence-corrected chi connectivity index (χ0v) is 16.1. The molecule has 6 heteroatoms. The molecule has 0 aliphatic heterocycles. The first-order valence-electron chi connectivity index (χ1n) is 9.15. The Balaban J connectivity index is 1.79. The van der Waals surface area contributed by atoms with Gasteiger partial charge in [0.2, 0.25) is 5.91 Å². The molecule has 5 nitrogen and oxygen atoms in total. The lowest BCUT2D eigenvalue weighted by Crippen LogP contribution is -2.28. The molecule has 1 N–H and O–H groups in total. The van der Waals surface area contributed by atoms with Crippen LogP contribution >= 0.6 is 0 Å². The summed E-state index contributed by atoms with van der Waals surface area (Å²) in [6.07, 6.45) is 3.53. The van der Waals surface area contributed by atoms with Gasteiger partial charge in [-0.1, -0.05) is 44.0 Å². The zero-order valence-electron chi connectivity index (χ0n) is 15.3. The minimum absolute atomic E-state index is 0.0369. The molecule has 0 aromatic heterocycles. The maximum absolute atomic E-state index is 12.2. The minimum Gasteiger partial charge on any atom is -0.352 e. The van der Waals surface area contributed by atoms with E-state index in [1.165, 1.54) is 5.56 Å². The van der Waals surface area contributed by atoms with Crippen LogP contribution in [0, 0.1) is 0 Å². The highest BCUT2D eigenvalue weighted by atomic mass is 32.2. The van der Waals surface area contributed by atoms with Crippen molar-refractivity contribution in [3.63, 3.8) is 0 Å². The first kappa shape index (κ1) is 19.9. The maximum atomic E-state index is 12.2. The predicted molar refractivity (Wildman–Crippen MR) is 101 cm³/mol. The number of hydrogen-bond acceptors (Lipinski definition) is 4. The summed E-state index contributed by atoms with van der Waals surface area (Å²) in [7, 11) is -1.06. The van der Waals surface area contributed by atoms with Crippen LogP contribution in [0.3, 0.4) is 0 Å². The Labute approximate surface area is 151 Å². The largest absolute Gasteiger partial charge is 0.352 e. The second-order valence-electron chi connectivity index (χ2n) is 6.95. The van der Waals surface area contributed by atoms with E-state index in [4.69, 9.17) is 0 Å². The number of nitrogens with one attached hydrogen (secondary N) is 1. The summed E-state index contributed by atoms with van der Waals surface area (Å²) in [4.78, 5) is 14.2. The number of hydrogen-bond donors (Lipinski definition) is 1. The van der Waals surface area contributed by atoms with Gasteiger partial charge in [0.25, 0.3) is 0 Å². The Kier molecular flexibility index (Phi) is 7.44. The molecule has 1 fully saturated rings. The second kappa shape index (κ2) is 9.34. The van der Waals surface area contributed by atoms with Crippen molar-refractivity contribution < 1.29 is 13.2 Å². The SMILES string of the molecule is CCN(C)Cc1cccc(CNC(=O)CCS(=O)(=O)C2CCCC2)c1. The molecule has 0 heterocycles. The Morgan fingerprint density at radius 3 is 2.60 bits per heavy atom. The van der Waals surface area contributed by atoms with Gasteiger partial charge in [0.15, 0.2) is 9.84 Å². The molecule has 140 valence electrons. The molecular weight excluding hydrogens is 336 g/mol. The lowest BCUT2D eigenvalue weighted by Gasteiger charge is -2.14. The van der Waals surface area contributed by atoms with Crippen molar-refractivity contribution in [2.45, 2.75) is 57.4 Å². The standard InChI is InChI=1S/C19H30N2O3S/c1-3-21(2)15-17-8-6-7-16(13-17)14-20-19(22)11-12-25(23,24)18-9-4-5-10-18/h6-8,13,18H,3-5,9-12,14-15H2,1-2H3,(H,20,22). The van der Waals surface area contributed by atoms with Gasteiger partial charge in [-0.15, -0.1) is 0 Å². The van der Waals surface area contributed by atoms with Gasteiger partial charge in [0.05, 0.1) is 11.0 Å². The van der Waals surface area contributed by atoms with E-state index < -0.39 is 9.84 Å². The summed E-state index contributed by atoms with van der Waals surface area (Å²) in [5.74, 6) is -0.233. The van der Waals surface area contributed by atoms with Crippen molar-refractivity contribution >= 4 is 15.7 Å². The third-order valence-corrected chi connectivity index (χ3v) is 7.16. The monoisotopic (exact) mass is 366 g/mol. The molecule has 2 rings (SSSR count). The zero-order chi connectivity index (χ0) is 18.3. The molecule has 1 saturated carbocycles. The minimum atomic E-state index is -3.13. The molecule has 0 radical (unpaired) electrons. The van der Waals surface area contributed by atoms with Crippen LogP contribution in [0.15, 0.2) is 24.3 Å². The summed E-state index contributed by atoms with van der Waals surface area (Å²) in [6.45, 7) is 4.41. The predicted octanol–water partition coefficient (Wildman–Crippen LogP) is 2.50. The van der Waals surface area contributed by atoms with Crippen LogP contribution in [-0.2, 0) is 27.7 Å². The molecule has 0 unspecified atom stereocenters. The average molecular weight is 367 g/mol. The number of sulfone groups is 1. The van der Waals surface area contributed by atoms with E-state index >= 15 is 0 Å². The molecule has 0 spiro atoms. The number of amides is 1. The number of carbonyl (C=O) groups excluding carboxylic acids is 1. The van der Waals surface area contributed by atoms with E-state index in [1.807, 2.05) is 12.1 Å². The molecular formula is C19H30N2O3S. The number of carbonyl (C=O) groups is 1. The van der Waals surface area contributed by atoms with Crippen LogP contribution in [0.4, 0.5) is 0 Å². The Bertz CT molecular complexity index is 667. The highest BCUT2D eigenvalue weighted by molar-refractivity contribution is 7.92. The molecule has 0 saturated heterocycles. The van der Waals surface area contributed by atoms with Gasteiger partial charge in [-0.05, 0) is 37.6 Å². The van der Waals surface area contributed by atoms with Crippen molar-refractivity contribution in [2.75, 3.05) is 19.3 Å². The van der Waals surface area contributed by atoms with Gasteiger partial charge in [-0.2, -0.15) is 0 Å². The number of nitrogens with zero attached hydrogens (tertiary/aromatic N) is 1. The average Bonchev–Trinajstić information content (AvgIpc) is 3.14. The van der Waals surface area contributed by atoms with Crippen molar-refractivity contribution in [3.05, 3.63) is 35.4 Å². The van der Waals surface area contributed by atoms with Gasteiger partial charge >= 0.3 is 0 Å². The van der Waals surface area contributed by atoms with Gasteiger partial charge in [-0.3, -0.25) is 4.79 Å². The highest BCUT2D eigenvalue weighted by Gasteiger charge is 2.28. The van der Waals surface area contributed by atoms with Crippen LogP contribution in [0.2, 0.25) is 0 Å². The quantitative estimate of drug-likeness (QED) is 0.729. The van der Waals surface area contributed by atoms with Crippen LogP contribution < -0.4 is 5.32 Å². The van der Waals surface area contributed by atoms with Crippen molar-refractivity contribution in [1.82, 2.24) is 10.2 Å². The third-order valence-electron chi connectivity index (χ3n) is 4.90. The Morgan fingerprint density at radius 2 is 1.92 bits per heavy atom. The Hall–Kier alpha value is -1.40. The molecule has 1 aromatic carbocycles. The smallest absolute Gasteiger partial charge is 0.221 e. The molecule has 25 heavy (non-hydrogen) atoms. The van der Waals surface area contributed by atoms with Gasteiger partial charge in [-0.25, -0.2) is 8.42 Å². The van der Waals surface area contributed by atoms with E-state index in [0.717, 1.165) is 44.3 Å². The van der Waals surface area contributed by atoms with E-state index in [0.29, 0.717) is 6.54 Å². The maximum Gasteiger partial charge on any atom is 0.221 e. The van der Waals surface area contributed by atoms with Gasteiger partial charge in [0.1, 0.15) is 0 Å². The topological polar surface area (TPSA) is 66.5 Å². The fourth-order valence-corrected chi connectivity index (χ4v) is 5.05. The summed E-state index contributed by atoms with van der Waals surface area (Å²) in [5, 5.41) is 2.61. The molecule has 1 aliphatic carbocycles. The molecule has 1 aromatic rings. The van der Waals surface area contributed by atoms with E-state index in [-0.39, 0.29) is 23.3 Å². The first-order chi connectivity index (χ1) is 11.9. The van der Waals surface area contributed by atoms with Crippen molar-refractivity contribution in [1.29, 1.82) is 0 Å². The number of benzene rings is 1.